The number of rotatable bonds is 3. The standard InChI is InChI=1S/C21H24N2O4/c1-27-18(25)14-13-20(9-12-24)7-4-10-23(26)11-8-21(19(20)23)15-5-2-3-6-16(15)22-17(14)21/h2-7,19,22,24H,8-13H2,1H3/t19-,20+,21-,23?/m0/s1. The van der Waals surface area contributed by atoms with Crippen LogP contribution >= 0.6 is 0 Å². The molecule has 0 aromatic heterocycles. The molecule has 3 heterocycles. The number of nitrogens with zero attached hydrogens (tertiary/aromatic N) is 1. The Kier molecular flexibility index (Phi) is 3.42. The van der Waals surface area contributed by atoms with E-state index in [0.717, 1.165) is 16.9 Å². The Morgan fingerprint density at radius 2 is 2.26 bits per heavy atom. The zero-order valence-corrected chi connectivity index (χ0v) is 15.4. The molecule has 1 saturated heterocycles. The number of hydrogen-bond acceptors (Lipinski definition) is 5. The van der Waals surface area contributed by atoms with Crippen LogP contribution in [0.2, 0.25) is 0 Å². The van der Waals surface area contributed by atoms with Crippen molar-refractivity contribution in [2.24, 2.45) is 5.41 Å². The number of aliphatic hydroxyl groups is 1. The molecular weight excluding hydrogens is 344 g/mol. The monoisotopic (exact) mass is 368 g/mol. The Balaban J connectivity index is 1.84. The van der Waals surface area contributed by atoms with E-state index >= 15 is 0 Å². The molecule has 1 unspecified atom stereocenters. The van der Waals surface area contributed by atoms with Crippen LogP contribution in [0, 0.1) is 10.6 Å². The Labute approximate surface area is 158 Å². The highest BCUT2D eigenvalue weighted by Crippen LogP contribution is 2.66. The summed E-state index contributed by atoms with van der Waals surface area (Å²) in [6, 6.07) is 7.80. The fourth-order valence-electron chi connectivity index (χ4n) is 6.38. The zero-order chi connectivity index (χ0) is 18.9. The van der Waals surface area contributed by atoms with Crippen molar-refractivity contribution in [1.29, 1.82) is 0 Å². The van der Waals surface area contributed by atoms with Gasteiger partial charge in [-0.15, -0.1) is 0 Å². The predicted molar refractivity (Wildman–Crippen MR) is 100 cm³/mol. The Morgan fingerprint density at radius 3 is 3.04 bits per heavy atom. The van der Waals surface area contributed by atoms with Crippen molar-refractivity contribution in [3.63, 3.8) is 0 Å². The summed E-state index contributed by atoms with van der Waals surface area (Å²) in [5.41, 5.74) is 2.45. The van der Waals surface area contributed by atoms with E-state index in [2.05, 4.69) is 17.5 Å². The van der Waals surface area contributed by atoms with E-state index in [0.29, 0.717) is 37.9 Å². The molecule has 5 rings (SSSR count). The van der Waals surface area contributed by atoms with Crippen LogP contribution in [0.5, 0.6) is 0 Å². The number of aliphatic hydroxyl groups excluding tert-OH is 1. The van der Waals surface area contributed by atoms with Gasteiger partial charge in [-0.2, -0.15) is 0 Å². The van der Waals surface area contributed by atoms with Crippen LogP contribution in [0.25, 0.3) is 0 Å². The van der Waals surface area contributed by atoms with Crippen LogP contribution in [0.3, 0.4) is 0 Å². The molecule has 1 aromatic rings. The SMILES string of the molecule is COC(=O)C1=C2Nc3ccccc3[C@@]23CC[N+]2([O-])CC=C[C@@](CCO)(C1)[C@@H]32. The lowest BCUT2D eigenvalue weighted by atomic mass is 9.55. The highest BCUT2D eigenvalue weighted by Gasteiger charge is 2.70. The second kappa shape index (κ2) is 5.44. The number of hydroxylamine groups is 3. The molecule has 1 fully saturated rings. The van der Waals surface area contributed by atoms with Crippen molar-refractivity contribution in [1.82, 2.24) is 0 Å². The third-order valence-corrected chi connectivity index (χ3v) is 7.16. The fourth-order valence-corrected chi connectivity index (χ4v) is 6.38. The molecule has 142 valence electrons. The van der Waals surface area contributed by atoms with Crippen molar-refractivity contribution in [2.45, 2.75) is 30.7 Å². The van der Waals surface area contributed by atoms with Gasteiger partial charge in [0.05, 0.1) is 31.2 Å². The van der Waals surface area contributed by atoms with E-state index in [1.54, 1.807) is 0 Å². The molecule has 0 saturated carbocycles. The maximum Gasteiger partial charge on any atom is 0.335 e. The van der Waals surface area contributed by atoms with Gasteiger partial charge >= 0.3 is 5.97 Å². The number of carbonyl (C=O) groups excluding carboxylic acids is 1. The van der Waals surface area contributed by atoms with E-state index in [4.69, 9.17) is 4.74 Å². The van der Waals surface area contributed by atoms with Crippen molar-refractivity contribution < 1.29 is 19.3 Å². The average Bonchev–Trinajstić information content (AvgIpc) is 3.18. The number of nitrogens with one attached hydrogen (secondary N) is 1. The lowest BCUT2D eigenvalue weighted by Crippen LogP contribution is -2.65. The molecule has 3 aliphatic heterocycles. The van der Waals surface area contributed by atoms with E-state index in [9.17, 15) is 15.1 Å². The summed E-state index contributed by atoms with van der Waals surface area (Å²) in [5, 5.41) is 27.2. The molecule has 1 spiro atoms. The highest BCUT2D eigenvalue weighted by molar-refractivity contribution is 5.93. The summed E-state index contributed by atoms with van der Waals surface area (Å²) in [6.07, 6.45) is 5.62. The maximum atomic E-state index is 13.9. The second-order valence-electron chi connectivity index (χ2n) is 8.28. The predicted octanol–water partition coefficient (Wildman–Crippen LogP) is 2.21. The Hall–Kier alpha value is -2.15. The Bertz CT molecular complexity index is 894. The lowest BCUT2D eigenvalue weighted by Gasteiger charge is -2.59. The minimum absolute atomic E-state index is 0.0181. The van der Waals surface area contributed by atoms with Gasteiger partial charge in [-0.25, -0.2) is 4.79 Å². The van der Waals surface area contributed by atoms with Gasteiger partial charge in [-0.3, -0.25) is 0 Å². The van der Waals surface area contributed by atoms with Gasteiger partial charge in [0.15, 0.2) is 0 Å². The van der Waals surface area contributed by atoms with Crippen molar-refractivity contribution in [3.8, 4) is 0 Å². The van der Waals surface area contributed by atoms with E-state index in [1.165, 1.54) is 7.11 Å². The molecule has 2 N–H and O–H groups in total. The van der Waals surface area contributed by atoms with Crippen LogP contribution in [0.15, 0.2) is 47.7 Å². The first-order chi connectivity index (χ1) is 13.0. The normalized spacial score (nSPS) is 38.1. The van der Waals surface area contributed by atoms with E-state index < -0.39 is 10.8 Å². The van der Waals surface area contributed by atoms with Crippen molar-refractivity contribution >= 4 is 11.7 Å². The van der Waals surface area contributed by atoms with Gasteiger partial charge < -0.3 is 25.0 Å². The first-order valence-electron chi connectivity index (χ1n) is 9.56. The largest absolute Gasteiger partial charge is 0.632 e. The molecule has 1 aliphatic carbocycles. The third-order valence-electron chi connectivity index (χ3n) is 7.16. The number of ether oxygens (including phenoxy) is 1. The Morgan fingerprint density at radius 1 is 1.44 bits per heavy atom. The average molecular weight is 368 g/mol. The number of esters is 1. The molecule has 0 bridgehead atoms. The molecule has 0 radical (unpaired) electrons. The number of benzene rings is 1. The van der Waals surface area contributed by atoms with Gasteiger partial charge in [0.1, 0.15) is 6.04 Å². The van der Waals surface area contributed by atoms with Crippen LogP contribution < -0.4 is 5.32 Å². The van der Waals surface area contributed by atoms with E-state index in [-0.39, 0.29) is 23.3 Å². The quantitative estimate of drug-likeness (QED) is 0.370. The summed E-state index contributed by atoms with van der Waals surface area (Å²) in [7, 11) is 1.40. The second-order valence-corrected chi connectivity index (χ2v) is 8.28. The summed E-state index contributed by atoms with van der Waals surface area (Å²) in [4.78, 5) is 12.7. The molecule has 6 heteroatoms. The molecule has 27 heavy (non-hydrogen) atoms. The molecular formula is C21H24N2O4. The number of methoxy groups -OCH3 is 1. The topological polar surface area (TPSA) is 81.6 Å². The number of carbonyl (C=O) groups is 1. The number of para-hydroxylation sites is 1. The zero-order valence-electron chi connectivity index (χ0n) is 15.4. The summed E-state index contributed by atoms with van der Waals surface area (Å²) >= 11 is 0. The number of anilines is 1. The molecule has 0 amide bonds. The smallest absolute Gasteiger partial charge is 0.335 e. The van der Waals surface area contributed by atoms with Crippen LogP contribution in [-0.2, 0) is 14.9 Å². The van der Waals surface area contributed by atoms with Gasteiger partial charge in [0, 0.05) is 29.8 Å². The van der Waals surface area contributed by atoms with Crippen LogP contribution in [-0.4, -0.2) is 48.6 Å². The summed E-state index contributed by atoms with van der Waals surface area (Å²) in [6.45, 7) is 0.939. The van der Waals surface area contributed by atoms with Crippen molar-refractivity contribution in [2.75, 3.05) is 32.1 Å². The molecule has 4 atom stereocenters. The van der Waals surface area contributed by atoms with Crippen LogP contribution in [0.4, 0.5) is 5.69 Å². The number of hydrogen-bond donors (Lipinski definition) is 2. The van der Waals surface area contributed by atoms with Gasteiger partial charge in [-0.05, 0) is 30.5 Å². The maximum absolute atomic E-state index is 13.9. The van der Waals surface area contributed by atoms with Gasteiger partial charge in [0.25, 0.3) is 0 Å². The fraction of sp³-hybridized carbons (Fsp3) is 0.476. The molecule has 4 aliphatic rings. The van der Waals surface area contributed by atoms with Crippen LogP contribution in [0.1, 0.15) is 24.8 Å². The minimum Gasteiger partial charge on any atom is -0.632 e. The molecule has 1 aromatic carbocycles. The van der Waals surface area contributed by atoms with Gasteiger partial charge in [0.2, 0.25) is 0 Å². The first-order valence-corrected chi connectivity index (χ1v) is 9.56. The number of quaternary nitrogens is 1. The van der Waals surface area contributed by atoms with E-state index in [1.807, 2.05) is 24.3 Å². The third kappa shape index (κ3) is 1.93. The minimum atomic E-state index is -0.544. The lowest BCUT2D eigenvalue weighted by molar-refractivity contribution is -0.898. The number of fused-ring (bicyclic) bond motifs is 1. The van der Waals surface area contributed by atoms with Crippen molar-refractivity contribution in [3.05, 3.63) is 58.5 Å². The first kappa shape index (κ1) is 17.0. The summed E-state index contributed by atoms with van der Waals surface area (Å²) < 4.78 is 4.83. The summed E-state index contributed by atoms with van der Waals surface area (Å²) in [5.74, 6) is -0.352. The highest BCUT2D eigenvalue weighted by atomic mass is 16.6. The van der Waals surface area contributed by atoms with Gasteiger partial charge in [-0.1, -0.05) is 24.3 Å². The molecule has 6 nitrogen and oxygen atoms in total.